The Morgan fingerprint density at radius 1 is 1.27 bits per heavy atom. The van der Waals surface area contributed by atoms with E-state index in [1.807, 2.05) is 0 Å². The molecule has 4 nitrogen and oxygen atoms in total. The molecule has 0 atom stereocenters. The van der Waals surface area contributed by atoms with E-state index >= 15 is 0 Å². The number of carboxylic acids is 1. The Bertz CT molecular complexity index is 94.5. The molecule has 1 aliphatic rings. The van der Waals surface area contributed by atoms with Crippen LogP contribution in [0.25, 0.3) is 0 Å². The molecule has 0 spiro atoms. The molecular weight excluding hydrogens is 170 g/mol. The molecule has 1 saturated carbocycles. The minimum atomic E-state index is -0.650. The molecule has 0 radical (unpaired) electrons. The maximum Gasteiger partial charge on any atom is 1.00 e. The van der Waals surface area contributed by atoms with Gasteiger partial charge in [-0.1, -0.05) is 0 Å². The van der Waals surface area contributed by atoms with E-state index in [0.717, 1.165) is 12.8 Å². The molecule has 1 aliphatic carbocycles. The van der Waals surface area contributed by atoms with Gasteiger partial charge in [0, 0.05) is 6.42 Å². The molecule has 3 N–H and O–H groups in total. The van der Waals surface area contributed by atoms with Crippen molar-refractivity contribution < 1.29 is 80.0 Å². The van der Waals surface area contributed by atoms with E-state index in [4.69, 9.17) is 5.11 Å². The average Bonchev–Trinajstić information content (AvgIpc) is 2.17. The largest absolute Gasteiger partial charge is 1.00 e. The van der Waals surface area contributed by atoms with Gasteiger partial charge in [0.25, 0.3) is 0 Å². The first-order valence-electron chi connectivity index (χ1n) is 2.51. The van der Waals surface area contributed by atoms with Crippen LogP contribution < -0.4 is 59.1 Å². The molecule has 0 saturated heterocycles. The normalized spacial score (nSPS) is 12.4. The van der Waals surface area contributed by atoms with Gasteiger partial charge in [-0.15, -0.1) is 0 Å². The Morgan fingerprint density at radius 3 is 1.73 bits per heavy atom. The van der Waals surface area contributed by atoms with Gasteiger partial charge in [0.15, 0.2) is 0 Å². The van der Waals surface area contributed by atoms with Gasteiger partial charge in [-0.3, -0.25) is 4.79 Å². The molecule has 56 valence electrons. The fourth-order valence-electron chi connectivity index (χ4n) is 0.569. The summed E-state index contributed by atoms with van der Waals surface area (Å²) in [6, 6.07) is 0. The number of carbonyl (C=O) groups is 1. The molecule has 0 aliphatic heterocycles. The van der Waals surface area contributed by atoms with E-state index < -0.39 is 5.97 Å². The third-order valence-electron chi connectivity index (χ3n) is 1.16. The van der Waals surface area contributed by atoms with Crippen LogP contribution in [-0.4, -0.2) is 22.0 Å². The summed E-state index contributed by atoms with van der Waals surface area (Å²) in [5.74, 6) is -0.125. The monoisotopic (exact) mass is 180 g/mol. The molecular formula is C5H10Na2O4. The minimum Gasteiger partial charge on any atom is -0.870 e. The van der Waals surface area contributed by atoms with E-state index in [2.05, 4.69) is 0 Å². The van der Waals surface area contributed by atoms with Gasteiger partial charge in [-0.25, -0.2) is 0 Å². The van der Waals surface area contributed by atoms with Crippen LogP contribution in [0.15, 0.2) is 0 Å². The zero-order chi connectivity index (χ0) is 5.28. The SMILES string of the molecule is O=C(O)CC1CC1.[Na+].[Na+].[OH-].[OH-]. The first kappa shape index (κ1) is 22.8. The summed E-state index contributed by atoms with van der Waals surface area (Å²) in [5, 5.41) is 8.12. The zero-order valence-electron chi connectivity index (χ0n) is 6.95. The molecule has 0 aromatic heterocycles. The first-order chi connectivity index (χ1) is 3.29. The summed E-state index contributed by atoms with van der Waals surface area (Å²) in [4.78, 5) is 9.85. The van der Waals surface area contributed by atoms with E-state index in [-0.39, 0.29) is 70.1 Å². The van der Waals surface area contributed by atoms with Crippen LogP contribution >= 0.6 is 0 Å². The smallest absolute Gasteiger partial charge is 0.870 e. The van der Waals surface area contributed by atoms with E-state index in [1.165, 1.54) is 0 Å². The van der Waals surface area contributed by atoms with Gasteiger partial charge in [0.2, 0.25) is 0 Å². The van der Waals surface area contributed by atoms with Crippen molar-refractivity contribution in [3.63, 3.8) is 0 Å². The fourth-order valence-corrected chi connectivity index (χ4v) is 0.569. The Labute approximate surface area is 110 Å². The summed E-state index contributed by atoms with van der Waals surface area (Å²) in [6.07, 6.45) is 2.65. The topological polar surface area (TPSA) is 97.3 Å². The molecule has 0 bridgehead atoms. The summed E-state index contributed by atoms with van der Waals surface area (Å²) in [5.41, 5.74) is 0. The standard InChI is InChI=1S/C5H8O2.2Na.2H2O/c6-5(7)3-4-1-2-4;;;;/h4H,1-3H2,(H,6,7);;;2*1H2/q;2*+1;;/p-2. The van der Waals surface area contributed by atoms with Crippen LogP contribution in [0, 0.1) is 5.92 Å². The molecule has 0 heterocycles. The molecule has 0 unspecified atom stereocenters. The second-order valence-corrected chi connectivity index (χ2v) is 2.04. The molecule has 11 heavy (non-hydrogen) atoms. The molecule has 1 rings (SSSR count). The van der Waals surface area contributed by atoms with Gasteiger partial charge in [-0.05, 0) is 18.8 Å². The maximum absolute atomic E-state index is 9.85. The summed E-state index contributed by atoms with van der Waals surface area (Å²) in [6.45, 7) is 0. The fraction of sp³-hybridized carbons (Fsp3) is 0.800. The van der Waals surface area contributed by atoms with E-state index in [1.54, 1.807) is 0 Å². The van der Waals surface area contributed by atoms with Gasteiger partial charge < -0.3 is 16.1 Å². The summed E-state index contributed by atoms with van der Waals surface area (Å²) < 4.78 is 0. The second-order valence-electron chi connectivity index (χ2n) is 2.04. The molecule has 0 aromatic rings. The van der Waals surface area contributed by atoms with Crippen LogP contribution in [0.3, 0.4) is 0 Å². The van der Waals surface area contributed by atoms with Crippen molar-refractivity contribution in [2.24, 2.45) is 5.92 Å². The second kappa shape index (κ2) is 11.4. The number of aliphatic carboxylic acids is 1. The Morgan fingerprint density at radius 2 is 1.64 bits per heavy atom. The van der Waals surface area contributed by atoms with Crippen molar-refractivity contribution >= 4 is 5.97 Å². The number of hydrogen-bond donors (Lipinski definition) is 1. The van der Waals surface area contributed by atoms with Crippen LogP contribution in [0.5, 0.6) is 0 Å². The van der Waals surface area contributed by atoms with Gasteiger partial charge in [0.05, 0.1) is 0 Å². The molecule has 0 amide bonds. The van der Waals surface area contributed by atoms with E-state index in [0.29, 0.717) is 12.3 Å². The van der Waals surface area contributed by atoms with Gasteiger partial charge in [-0.2, -0.15) is 0 Å². The zero-order valence-corrected chi connectivity index (χ0v) is 10.9. The number of rotatable bonds is 2. The third-order valence-corrected chi connectivity index (χ3v) is 1.16. The summed E-state index contributed by atoms with van der Waals surface area (Å²) in [7, 11) is 0. The van der Waals surface area contributed by atoms with Crippen LogP contribution in [0.4, 0.5) is 0 Å². The van der Waals surface area contributed by atoms with Crippen molar-refractivity contribution in [3.05, 3.63) is 0 Å². The first-order valence-corrected chi connectivity index (χ1v) is 2.51. The van der Waals surface area contributed by atoms with Crippen molar-refractivity contribution in [2.75, 3.05) is 0 Å². The minimum absolute atomic E-state index is 0. The van der Waals surface area contributed by atoms with Crippen molar-refractivity contribution in [1.82, 2.24) is 0 Å². The Kier molecular flexibility index (Phi) is 23.6. The quantitative estimate of drug-likeness (QED) is 0.428. The Balaban J connectivity index is -0.0000000612. The van der Waals surface area contributed by atoms with Gasteiger partial charge >= 0.3 is 65.1 Å². The predicted molar refractivity (Wildman–Crippen MR) is 28.8 cm³/mol. The number of carboxylic acid groups (broad SMARTS) is 1. The summed E-state index contributed by atoms with van der Waals surface area (Å²) >= 11 is 0. The predicted octanol–water partition coefficient (Wildman–Crippen LogP) is -5.47. The van der Waals surface area contributed by atoms with Crippen molar-refractivity contribution in [2.45, 2.75) is 19.3 Å². The average molecular weight is 180 g/mol. The number of hydrogen-bond acceptors (Lipinski definition) is 3. The van der Waals surface area contributed by atoms with E-state index in [9.17, 15) is 4.79 Å². The van der Waals surface area contributed by atoms with Crippen LogP contribution in [-0.2, 0) is 4.79 Å². The molecule has 1 fully saturated rings. The molecule has 0 aromatic carbocycles. The maximum atomic E-state index is 9.85. The Hall–Kier alpha value is 1.39. The molecule has 6 heteroatoms. The van der Waals surface area contributed by atoms with Crippen LogP contribution in [0.2, 0.25) is 0 Å². The van der Waals surface area contributed by atoms with Crippen molar-refractivity contribution in [3.8, 4) is 0 Å². The third kappa shape index (κ3) is 14.3. The van der Waals surface area contributed by atoms with Gasteiger partial charge in [0.1, 0.15) is 0 Å². The van der Waals surface area contributed by atoms with Crippen LogP contribution in [0.1, 0.15) is 19.3 Å². The van der Waals surface area contributed by atoms with Crippen molar-refractivity contribution in [1.29, 1.82) is 0 Å².